The molecule has 2 aromatic carbocycles. The minimum absolute atomic E-state index is 0.00852. The molecule has 1 aromatic heterocycles. The van der Waals surface area contributed by atoms with E-state index in [0.29, 0.717) is 10.2 Å². The van der Waals surface area contributed by atoms with Crippen LogP contribution in [-0.4, -0.2) is 99.7 Å². The molecule has 2 aliphatic heterocycles. The first-order valence-electron chi connectivity index (χ1n) is 12.5. The van der Waals surface area contributed by atoms with E-state index in [1.54, 1.807) is 24.3 Å². The predicted octanol–water partition coefficient (Wildman–Crippen LogP) is 1.59. The third-order valence-corrected chi connectivity index (χ3v) is 7.65. The van der Waals surface area contributed by atoms with Crippen molar-refractivity contribution in [3.63, 3.8) is 0 Å². The van der Waals surface area contributed by atoms with Crippen molar-refractivity contribution in [3.05, 3.63) is 64.5 Å². The Kier molecular flexibility index (Phi) is 8.75. The lowest BCUT2D eigenvalue weighted by molar-refractivity contribution is -0.211. The quantitative estimate of drug-likeness (QED) is 0.328. The highest BCUT2D eigenvalue weighted by Gasteiger charge is 2.52. The van der Waals surface area contributed by atoms with E-state index in [1.165, 1.54) is 18.2 Å². The van der Waals surface area contributed by atoms with Gasteiger partial charge in [0.1, 0.15) is 36.2 Å². The highest BCUT2D eigenvalue weighted by Crippen LogP contribution is 2.36. The Hall–Kier alpha value is -2.92. The number of benzene rings is 2. The molecule has 1 amide bonds. The normalized spacial score (nSPS) is 28.1. The molecule has 41 heavy (non-hydrogen) atoms. The Morgan fingerprint density at radius 2 is 1.93 bits per heavy atom. The number of nitrogens with zero attached hydrogens (tertiary/aromatic N) is 4. The van der Waals surface area contributed by atoms with Crippen molar-refractivity contribution in [2.24, 2.45) is 0 Å². The minimum Gasteiger partial charge on any atom is -0.394 e. The molecular weight excluding hydrogens is 617 g/mol. The van der Waals surface area contributed by atoms with E-state index in [2.05, 4.69) is 26.2 Å². The molecule has 3 heterocycles. The number of methoxy groups -OCH3 is 1. The van der Waals surface area contributed by atoms with Gasteiger partial charge in [-0.2, -0.15) is 0 Å². The molecule has 5 rings (SSSR count). The van der Waals surface area contributed by atoms with Crippen molar-refractivity contribution >= 4 is 27.5 Å². The molecule has 15 heteroatoms. The van der Waals surface area contributed by atoms with E-state index in [1.807, 2.05) is 0 Å². The van der Waals surface area contributed by atoms with Gasteiger partial charge in [-0.05, 0) is 30.3 Å². The molecule has 0 spiro atoms. The number of halogens is 4. The monoisotopic (exact) mass is 642 g/mol. The van der Waals surface area contributed by atoms with Crippen LogP contribution in [0.25, 0.3) is 11.3 Å². The van der Waals surface area contributed by atoms with Crippen LogP contribution in [-0.2, 0) is 19.0 Å². The fourth-order valence-corrected chi connectivity index (χ4v) is 5.53. The molecule has 0 bridgehead atoms. The Morgan fingerprint density at radius 1 is 1.20 bits per heavy atom. The van der Waals surface area contributed by atoms with Crippen LogP contribution < -0.4 is 4.90 Å². The third-order valence-electron chi connectivity index (χ3n) is 7.15. The zero-order valence-electron chi connectivity index (χ0n) is 21.5. The van der Waals surface area contributed by atoms with Gasteiger partial charge < -0.3 is 34.4 Å². The molecule has 2 aliphatic rings. The molecular formula is C26H26BrF3N4O7. The maximum absolute atomic E-state index is 14.2. The molecule has 11 nitrogen and oxygen atoms in total. The Bertz CT molecular complexity index is 1390. The van der Waals surface area contributed by atoms with Gasteiger partial charge >= 0.3 is 0 Å². The number of ether oxygens (including phenoxy) is 3. The van der Waals surface area contributed by atoms with Gasteiger partial charge in [0.15, 0.2) is 23.6 Å². The molecule has 7 atom stereocenters. The lowest BCUT2D eigenvalue weighted by atomic mass is 9.91. The van der Waals surface area contributed by atoms with Gasteiger partial charge in [0.2, 0.25) is 0 Å². The van der Waals surface area contributed by atoms with E-state index in [-0.39, 0.29) is 24.5 Å². The Labute approximate surface area is 240 Å². The second-order valence-electron chi connectivity index (χ2n) is 9.66. The lowest BCUT2D eigenvalue weighted by Gasteiger charge is -2.45. The summed E-state index contributed by atoms with van der Waals surface area (Å²) in [5, 5.41) is 39.6. The maximum atomic E-state index is 14.2. The molecule has 2 fully saturated rings. The van der Waals surface area contributed by atoms with E-state index in [9.17, 15) is 33.3 Å². The molecule has 0 radical (unpaired) electrons. The fraction of sp³-hybridized carbons (Fsp3) is 0.423. The summed E-state index contributed by atoms with van der Waals surface area (Å²) in [6.45, 7) is -0.634. The van der Waals surface area contributed by atoms with Crippen LogP contribution in [0.15, 0.2) is 47.1 Å². The summed E-state index contributed by atoms with van der Waals surface area (Å²) < 4.78 is 59.9. The predicted molar refractivity (Wildman–Crippen MR) is 139 cm³/mol. The van der Waals surface area contributed by atoms with E-state index < -0.39 is 72.6 Å². The molecule has 220 valence electrons. The summed E-state index contributed by atoms with van der Waals surface area (Å²) in [6.07, 6.45) is -5.15. The minimum atomic E-state index is -1.64. The van der Waals surface area contributed by atoms with Crippen LogP contribution in [0.1, 0.15) is 6.04 Å². The summed E-state index contributed by atoms with van der Waals surface area (Å²) in [5.41, 5.74) is 0.247. The number of anilines is 1. The first kappa shape index (κ1) is 29.6. The van der Waals surface area contributed by atoms with Crippen molar-refractivity contribution in [3.8, 4) is 11.3 Å². The van der Waals surface area contributed by atoms with Crippen LogP contribution in [0.3, 0.4) is 0 Å². The third kappa shape index (κ3) is 5.62. The van der Waals surface area contributed by atoms with Gasteiger partial charge in [0, 0.05) is 22.8 Å². The van der Waals surface area contributed by atoms with Crippen LogP contribution in [0.2, 0.25) is 0 Å². The highest BCUT2D eigenvalue weighted by molar-refractivity contribution is 9.10. The number of hydrogen-bond donors (Lipinski definition) is 3. The van der Waals surface area contributed by atoms with Crippen LogP contribution in [0, 0.1) is 17.5 Å². The number of aliphatic hydroxyl groups is 3. The molecule has 2 saturated heterocycles. The maximum Gasteiger partial charge on any atom is 0.259 e. The number of aromatic nitrogens is 3. The van der Waals surface area contributed by atoms with Gasteiger partial charge in [-0.25, -0.2) is 17.9 Å². The molecule has 0 aliphatic carbocycles. The van der Waals surface area contributed by atoms with E-state index in [0.717, 1.165) is 16.8 Å². The largest absolute Gasteiger partial charge is 0.394 e. The summed E-state index contributed by atoms with van der Waals surface area (Å²) in [4.78, 5) is 15.5. The average Bonchev–Trinajstić information content (AvgIpc) is 3.61. The SMILES string of the molecule is CO[C@@H]1[C@@H](n2cc(-c3cc(F)c(F)c(F)c3)nn2)[C@@H](O)[C@@H](CO)O[C@H]1C(=O)N(c1cccc(Br)c1)[C@H]1COC[C@@H]1O. The summed E-state index contributed by atoms with van der Waals surface area (Å²) in [5.74, 6) is -5.14. The molecule has 3 aromatic rings. The van der Waals surface area contributed by atoms with Gasteiger partial charge in [0.05, 0.1) is 32.1 Å². The lowest BCUT2D eigenvalue weighted by Crippen LogP contribution is -2.63. The summed E-state index contributed by atoms with van der Waals surface area (Å²) in [7, 11) is 1.28. The highest BCUT2D eigenvalue weighted by atomic mass is 79.9. The second-order valence-corrected chi connectivity index (χ2v) is 10.6. The van der Waals surface area contributed by atoms with Gasteiger partial charge in [0.25, 0.3) is 5.91 Å². The average molecular weight is 643 g/mol. The van der Waals surface area contributed by atoms with Gasteiger partial charge in [-0.3, -0.25) is 4.79 Å². The van der Waals surface area contributed by atoms with Crippen molar-refractivity contribution in [1.29, 1.82) is 0 Å². The molecule has 0 saturated carbocycles. The summed E-state index contributed by atoms with van der Waals surface area (Å²) >= 11 is 3.39. The molecule has 0 unspecified atom stereocenters. The zero-order chi connectivity index (χ0) is 29.4. The van der Waals surface area contributed by atoms with Gasteiger partial charge in [-0.15, -0.1) is 5.10 Å². The fourth-order valence-electron chi connectivity index (χ4n) is 5.14. The Morgan fingerprint density at radius 3 is 2.54 bits per heavy atom. The second kappa shape index (κ2) is 12.1. The van der Waals surface area contributed by atoms with E-state index >= 15 is 0 Å². The first-order valence-corrected chi connectivity index (χ1v) is 13.3. The number of aliphatic hydroxyl groups excluding tert-OH is 3. The van der Waals surface area contributed by atoms with Crippen LogP contribution in [0.4, 0.5) is 18.9 Å². The standard InChI is InChI=1S/C26H26BrF3N4O7/c1-39-24-22(33-8-17(31-32-33)12-5-15(28)21(30)16(29)6-12)23(37)20(9-35)41-25(24)26(38)34(18-10-40-11-19(18)36)14-4-2-3-13(27)7-14/h2-8,18-20,22-25,35-37H,9-11H2,1H3/t18-,19-,20+,22-,23-,24+,25+/m0/s1. The summed E-state index contributed by atoms with van der Waals surface area (Å²) in [6, 6.07) is 6.34. The number of hydrogen-bond acceptors (Lipinski definition) is 9. The van der Waals surface area contributed by atoms with Crippen LogP contribution in [0.5, 0.6) is 0 Å². The topological polar surface area (TPSA) is 139 Å². The number of carbonyl (C=O) groups is 1. The first-order chi connectivity index (χ1) is 19.6. The Balaban J connectivity index is 1.53. The smallest absolute Gasteiger partial charge is 0.259 e. The molecule has 3 N–H and O–H groups in total. The van der Waals surface area contributed by atoms with Crippen LogP contribution >= 0.6 is 15.9 Å². The van der Waals surface area contributed by atoms with Crippen molar-refractivity contribution in [1.82, 2.24) is 15.0 Å². The number of carbonyl (C=O) groups excluding carboxylic acids is 1. The zero-order valence-corrected chi connectivity index (χ0v) is 23.1. The van der Waals surface area contributed by atoms with Gasteiger partial charge in [-0.1, -0.05) is 27.2 Å². The van der Waals surface area contributed by atoms with Crippen molar-refractivity contribution in [2.75, 3.05) is 31.8 Å². The number of rotatable bonds is 7. The van der Waals surface area contributed by atoms with Crippen molar-refractivity contribution < 1.29 is 47.5 Å². The van der Waals surface area contributed by atoms with Crippen molar-refractivity contribution in [2.45, 2.75) is 42.6 Å². The van der Waals surface area contributed by atoms with E-state index in [4.69, 9.17) is 14.2 Å². The number of amides is 1.